The molecule has 9 nitrogen and oxygen atoms in total. The molecule has 9 heteroatoms. The van der Waals surface area contributed by atoms with Gasteiger partial charge in [-0.1, -0.05) is 0 Å². The van der Waals surface area contributed by atoms with Gasteiger partial charge in [0.2, 0.25) is 11.8 Å². The Morgan fingerprint density at radius 3 is 2.16 bits per heavy atom. The second-order valence-electron chi connectivity index (χ2n) is 11.6. The van der Waals surface area contributed by atoms with Crippen molar-refractivity contribution in [2.45, 2.75) is 51.0 Å². The van der Waals surface area contributed by atoms with Gasteiger partial charge in [-0.3, -0.25) is 29.4 Å². The number of fused-ring (bicyclic) bond motifs is 1. The average molecular weight is 508 g/mol. The quantitative estimate of drug-likeness (QED) is 0.565. The predicted molar refractivity (Wildman–Crippen MR) is 138 cm³/mol. The first-order valence-corrected chi connectivity index (χ1v) is 14.0. The maximum absolute atomic E-state index is 13.2. The van der Waals surface area contributed by atoms with Crippen molar-refractivity contribution in [1.82, 2.24) is 20.4 Å². The molecular formula is C28H37N5O4. The van der Waals surface area contributed by atoms with Crippen LogP contribution in [0.25, 0.3) is 0 Å². The Balaban J connectivity index is 1.02. The van der Waals surface area contributed by atoms with Gasteiger partial charge in [0.1, 0.15) is 6.04 Å². The number of carbonyl (C=O) groups is 4. The fourth-order valence-electron chi connectivity index (χ4n) is 6.79. The number of likely N-dealkylation sites (tertiary alicyclic amines) is 1. The lowest BCUT2D eigenvalue weighted by molar-refractivity contribution is -0.136. The molecule has 0 radical (unpaired) electrons. The van der Waals surface area contributed by atoms with E-state index in [0.29, 0.717) is 17.0 Å². The third-order valence-electron chi connectivity index (χ3n) is 9.16. The summed E-state index contributed by atoms with van der Waals surface area (Å²) in [6.07, 6.45) is 6.63. The summed E-state index contributed by atoms with van der Waals surface area (Å²) in [7, 11) is 0. The average Bonchev–Trinajstić information content (AvgIpc) is 3.12. The number of amides is 4. The third kappa shape index (κ3) is 4.91. The van der Waals surface area contributed by atoms with Crippen LogP contribution in [0.3, 0.4) is 0 Å². The molecule has 5 aliphatic heterocycles. The van der Waals surface area contributed by atoms with Gasteiger partial charge in [0.15, 0.2) is 0 Å². The number of rotatable bonds is 6. The van der Waals surface area contributed by atoms with Gasteiger partial charge in [0, 0.05) is 31.7 Å². The molecule has 0 saturated carbocycles. The first-order valence-electron chi connectivity index (χ1n) is 14.0. The summed E-state index contributed by atoms with van der Waals surface area (Å²) in [6.45, 7) is 7.95. The number of piperidine rings is 3. The summed E-state index contributed by atoms with van der Waals surface area (Å²) < 4.78 is 0. The highest BCUT2D eigenvalue weighted by Gasteiger charge is 2.44. The van der Waals surface area contributed by atoms with Crippen LogP contribution in [0.5, 0.6) is 0 Å². The Kier molecular flexibility index (Phi) is 6.75. The Hall–Kier alpha value is -2.78. The molecule has 198 valence electrons. The first-order chi connectivity index (χ1) is 18.0. The normalized spacial score (nSPS) is 26.4. The minimum Gasteiger partial charge on any atom is -0.371 e. The minimum absolute atomic E-state index is 0.125. The molecule has 2 N–H and O–H groups in total. The number of hydrogen-bond donors (Lipinski definition) is 2. The van der Waals surface area contributed by atoms with E-state index in [1.165, 1.54) is 52.0 Å². The molecule has 0 spiro atoms. The summed E-state index contributed by atoms with van der Waals surface area (Å²) in [4.78, 5) is 55.9. The second kappa shape index (κ2) is 10.2. The summed E-state index contributed by atoms with van der Waals surface area (Å²) in [5.74, 6) is 0.683. The van der Waals surface area contributed by atoms with Crippen molar-refractivity contribution in [2.75, 3.05) is 50.7 Å². The molecular weight excluding hydrogens is 470 g/mol. The molecule has 0 aliphatic carbocycles. The van der Waals surface area contributed by atoms with Crippen molar-refractivity contribution in [3.63, 3.8) is 0 Å². The van der Waals surface area contributed by atoms with E-state index in [2.05, 4.69) is 20.4 Å². The van der Waals surface area contributed by atoms with Crippen molar-refractivity contribution in [3.8, 4) is 0 Å². The van der Waals surface area contributed by atoms with E-state index in [1.54, 1.807) is 6.07 Å². The van der Waals surface area contributed by atoms with Crippen LogP contribution in [0.15, 0.2) is 18.2 Å². The van der Waals surface area contributed by atoms with Gasteiger partial charge < -0.3 is 15.1 Å². The number of nitrogens with one attached hydrogen (secondary N) is 2. The molecule has 4 fully saturated rings. The standard InChI is InChI=1S/C28H37N5O4/c34-25-4-3-24(26(35)30-25)33-27(36)22-2-1-21(14-23(22)28(33)37)32-11-7-19(8-12-32)17-31-9-5-18(6-10-31)13-20-15-29-16-20/h1-2,14,18-20,24,29H,3-13,15-17H2,(H,30,34,35). The molecule has 1 aromatic rings. The Morgan fingerprint density at radius 2 is 1.49 bits per heavy atom. The van der Waals surface area contributed by atoms with E-state index in [4.69, 9.17) is 0 Å². The van der Waals surface area contributed by atoms with Crippen LogP contribution in [0, 0.1) is 17.8 Å². The smallest absolute Gasteiger partial charge is 0.262 e. The molecule has 0 aromatic heterocycles. The van der Waals surface area contributed by atoms with Gasteiger partial charge >= 0.3 is 0 Å². The van der Waals surface area contributed by atoms with Gasteiger partial charge in [-0.2, -0.15) is 0 Å². The SMILES string of the molecule is O=C1CCC(N2C(=O)c3ccc(N4CCC(CN5CCC(CC6CNC6)CC5)CC4)cc3C2=O)C(=O)N1. The maximum atomic E-state index is 13.2. The molecule has 6 rings (SSSR count). The van der Waals surface area contributed by atoms with Crippen molar-refractivity contribution < 1.29 is 19.2 Å². The number of anilines is 1. The van der Waals surface area contributed by atoms with Crippen molar-refractivity contribution in [1.29, 1.82) is 0 Å². The van der Waals surface area contributed by atoms with Crippen molar-refractivity contribution in [3.05, 3.63) is 29.3 Å². The lowest BCUT2D eigenvalue weighted by atomic mass is 9.84. The van der Waals surface area contributed by atoms with E-state index < -0.39 is 23.8 Å². The molecule has 37 heavy (non-hydrogen) atoms. The largest absolute Gasteiger partial charge is 0.371 e. The number of hydrogen-bond acceptors (Lipinski definition) is 7. The Labute approximate surface area is 217 Å². The van der Waals surface area contributed by atoms with E-state index in [9.17, 15) is 19.2 Å². The van der Waals surface area contributed by atoms with Crippen LogP contribution in [-0.4, -0.2) is 85.3 Å². The number of benzene rings is 1. The summed E-state index contributed by atoms with van der Waals surface area (Å²) >= 11 is 0. The topological polar surface area (TPSA) is 102 Å². The Morgan fingerprint density at radius 1 is 0.784 bits per heavy atom. The molecule has 5 aliphatic rings. The highest BCUT2D eigenvalue weighted by molar-refractivity contribution is 6.23. The Bertz CT molecular complexity index is 1090. The van der Waals surface area contributed by atoms with Crippen LogP contribution in [-0.2, 0) is 9.59 Å². The van der Waals surface area contributed by atoms with Crippen molar-refractivity contribution >= 4 is 29.3 Å². The first kappa shape index (κ1) is 24.6. The zero-order chi connectivity index (χ0) is 25.5. The van der Waals surface area contributed by atoms with E-state index >= 15 is 0 Å². The highest BCUT2D eigenvalue weighted by Crippen LogP contribution is 2.33. The van der Waals surface area contributed by atoms with E-state index in [1.807, 2.05) is 12.1 Å². The fourth-order valence-corrected chi connectivity index (χ4v) is 6.79. The molecule has 5 heterocycles. The molecule has 4 saturated heterocycles. The molecule has 1 unspecified atom stereocenters. The number of carbonyl (C=O) groups excluding carboxylic acids is 4. The molecule has 1 aromatic carbocycles. The van der Waals surface area contributed by atoms with E-state index in [0.717, 1.165) is 48.4 Å². The minimum atomic E-state index is -0.926. The molecule has 0 bridgehead atoms. The lowest BCUT2D eigenvalue weighted by Crippen LogP contribution is -2.54. The summed E-state index contributed by atoms with van der Waals surface area (Å²) in [5, 5.41) is 5.64. The number of nitrogens with zero attached hydrogens (tertiary/aromatic N) is 3. The lowest BCUT2D eigenvalue weighted by Gasteiger charge is -2.39. The van der Waals surface area contributed by atoms with Gasteiger partial charge in [-0.15, -0.1) is 0 Å². The van der Waals surface area contributed by atoms with Crippen LogP contribution in [0.4, 0.5) is 5.69 Å². The number of imide groups is 2. The predicted octanol–water partition coefficient (Wildman–Crippen LogP) is 1.63. The molecule has 4 amide bonds. The summed E-state index contributed by atoms with van der Waals surface area (Å²) in [5.41, 5.74) is 1.65. The van der Waals surface area contributed by atoms with Gasteiger partial charge in [0.05, 0.1) is 11.1 Å². The fraction of sp³-hybridized carbons (Fsp3) is 0.643. The van der Waals surface area contributed by atoms with Gasteiger partial charge in [-0.25, -0.2) is 0 Å². The second-order valence-corrected chi connectivity index (χ2v) is 11.6. The van der Waals surface area contributed by atoms with Crippen LogP contribution in [0.1, 0.15) is 65.7 Å². The molecule has 1 atom stereocenters. The third-order valence-corrected chi connectivity index (χ3v) is 9.16. The van der Waals surface area contributed by atoms with Crippen LogP contribution in [0.2, 0.25) is 0 Å². The van der Waals surface area contributed by atoms with Crippen LogP contribution >= 0.6 is 0 Å². The zero-order valence-electron chi connectivity index (χ0n) is 21.4. The van der Waals surface area contributed by atoms with Gasteiger partial charge in [0.25, 0.3) is 11.8 Å². The highest BCUT2D eigenvalue weighted by atomic mass is 16.2. The van der Waals surface area contributed by atoms with Crippen LogP contribution < -0.4 is 15.5 Å². The monoisotopic (exact) mass is 507 g/mol. The van der Waals surface area contributed by atoms with Gasteiger partial charge in [-0.05, 0) is 101 Å². The van der Waals surface area contributed by atoms with E-state index in [-0.39, 0.29) is 18.7 Å². The zero-order valence-corrected chi connectivity index (χ0v) is 21.4. The maximum Gasteiger partial charge on any atom is 0.262 e. The summed E-state index contributed by atoms with van der Waals surface area (Å²) in [6, 6.07) is 4.52. The van der Waals surface area contributed by atoms with Crippen molar-refractivity contribution in [2.24, 2.45) is 17.8 Å².